The molecule has 0 unspecified atom stereocenters. The summed E-state index contributed by atoms with van der Waals surface area (Å²) in [7, 11) is 0.451. The molecule has 0 amide bonds. The van der Waals surface area contributed by atoms with Crippen molar-refractivity contribution in [2.24, 2.45) is 0 Å². The van der Waals surface area contributed by atoms with Gasteiger partial charge in [0.15, 0.2) is 0 Å². The number of alkyl halides is 3. The number of hydrogen-bond donors (Lipinski definition) is 2. The van der Waals surface area contributed by atoms with Crippen LogP contribution in [0.25, 0.3) is 22.0 Å². The van der Waals surface area contributed by atoms with Crippen molar-refractivity contribution in [3.8, 4) is 16.9 Å². The number of nitrogens with zero attached hydrogens (tertiary/aromatic N) is 1. The van der Waals surface area contributed by atoms with Gasteiger partial charge in [-0.3, -0.25) is 9.52 Å². The van der Waals surface area contributed by atoms with E-state index in [1.807, 2.05) is 0 Å². The molecule has 1 aromatic heterocycles. The summed E-state index contributed by atoms with van der Waals surface area (Å²) in [6.45, 7) is 0. The Balaban J connectivity index is 1.91. The summed E-state index contributed by atoms with van der Waals surface area (Å²) in [5.74, 6) is 0.314. The zero-order valence-corrected chi connectivity index (χ0v) is 22.6. The van der Waals surface area contributed by atoms with Crippen LogP contribution in [-0.4, -0.2) is 38.9 Å². The van der Waals surface area contributed by atoms with Crippen molar-refractivity contribution in [2.45, 2.75) is 16.0 Å². The smallest absolute Gasteiger partial charge is 0.416 e. The van der Waals surface area contributed by atoms with Gasteiger partial charge in [0.05, 0.1) is 17.6 Å². The van der Waals surface area contributed by atoms with Crippen LogP contribution in [0.1, 0.15) is 5.56 Å². The quantitative estimate of drug-likeness (QED) is 0.268. The summed E-state index contributed by atoms with van der Waals surface area (Å²) in [6, 6.07) is 14.0. The Morgan fingerprint density at radius 1 is 1.03 bits per heavy atom. The van der Waals surface area contributed by atoms with Gasteiger partial charge in [-0.05, 0) is 60.7 Å². The average molecular weight is 584 g/mol. The second-order valence-corrected chi connectivity index (χ2v) is 11.7. The fourth-order valence-electron chi connectivity index (χ4n) is 3.64. The molecule has 0 saturated heterocycles. The largest absolute Gasteiger partial charge is 0.496 e. The number of methoxy groups -OCH3 is 1. The van der Waals surface area contributed by atoms with E-state index in [2.05, 4.69) is 9.71 Å². The van der Waals surface area contributed by atoms with Gasteiger partial charge >= 0.3 is 16.4 Å². The maximum absolute atomic E-state index is 13.6. The summed E-state index contributed by atoms with van der Waals surface area (Å²) >= 11 is 7.25. The lowest BCUT2D eigenvalue weighted by Crippen LogP contribution is -2.28. The molecule has 0 radical (unpaired) electrons. The van der Waals surface area contributed by atoms with Crippen molar-refractivity contribution in [3.63, 3.8) is 0 Å². The summed E-state index contributed by atoms with van der Waals surface area (Å²) in [5.41, 5.74) is -0.353. The van der Waals surface area contributed by atoms with Gasteiger partial charge in [0.25, 0.3) is 5.56 Å². The van der Waals surface area contributed by atoms with E-state index in [0.29, 0.717) is 26.9 Å². The SMILES string of the molecule is COc1ccc(Cl)cc1-c1c(Sc2ccc(NS(=O)(=O)N(C)C)cc2)c(=O)[nH]c2ccc(C(F)(F)F)cc12. The van der Waals surface area contributed by atoms with Gasteiger partial charge in [0.1, 0.15) is 5.75 Å². The number of aromatic nitrogens is 1. The van der Waals surface area contributed by atoms with Crippen molar-refractivity contribution < 1.29 is 26.3 Å². The van der Waals surface area contributed by atoms with Crippen LogP contribution >= 0.6 is 23.4 Å². The molecule has 0 spiro atoms. The highest BCUT2D eigenvalue weighted by Gasteiger charge is 2.31. The van der Waals surface area contributed by atoms with Crippen LogP contribution in [0.3, 0.4) is 0 Å². The first-order valence-electron chi connectivity index (χ1n) is 10.9. The molecule has 0 aliphatic rings. The van der Waals surface area contributed by atoms with Crippen LogP contribution in [0.5, 0.6) is 5.75 Å². The summed E-state index contributed by atoms with van der Waals surface area (Å²) in [4.78, 5) is 16.6. The van der Waals surface area contributed by atoms with E-state index in [9.17, 15) is 26.4 Å². The molecule has 7 nitrogen and oxygen atoms in total. The predicted octanol–water partition coefficient (Wildman–Crippen LogP) is 6.25. The highest BCUT2D eigenvalue weighted by molar-refractivity contribution is 7.99. The molecule has 13 heteroatoms. The van der Waals surface area contributed by atoms with Crippen LogP contribution in [0, 0.1) is 0 Å². The van der Waals surface area contributed by atoms with Gasteiger partial charge in [-0.2, -0.15) is 25.9 Å². The number of pyridine rings is 1. The molecule has 1 heterocycles. The topological polar surface area (TPSA) is 91.5 Å². The minimum absolute atomic E-state index is 0.110. The Bertz CT molecular complexity index is 1670. The fourth-order valence-corrected chi connectivity index (χ4v) is 5.40. The third kappa shape index (κ3) is 5.78. The lowest BCUT2D eigenvalue weighted by molar-refractivity contribution is -0.137. The van der Waals surface area contributed by atoms with Gasteiger partial charge in [0.2, 0.25) is 0 Å². The van der Waals surface area contributed by atoms with Crippen molar-refractivity contribution in [3.05, 3.63) is 81.6 Å². The molecule has 0 bridgehead atoms. The van der Waals surface area contributed by atoms with Crippen LogP contribution in [-0.2, 0) is 16.4 Å². The molecule has 0 fully saturated rings. The van der Waals surface area contributed by atoms with Crippen molar-refractivity contribution in [1.29, 1.82) is 0 Å². The number of rotatable bonds is 7. The molecule has 4 rings (SSSR count). The minimum atomic E-state index is -4.61. The normalized spacial score (nSPS) is 12.2. The number of H-pyrrole nitrogens is 1. The Kier molecular flexibility index (Phi) is 7.71. The van der Waals surface area contributed by atoms with Gasteiger partial charge in [0, 0.05) is 51.7 Å². The van der Waals surface area contributed by atoms with Gasteiger partial charge < -0.3 is 9.72 Å². The molecule has 3 aromatic carbocycles. The molecule has 200 valence electrons. The van der Waals surface area contributed by atoms with Crippen molar-refractivity contribution in [1.82, 2.24) is 9.29 Å². The maximum atomic E-state index is 13.6. The van der Waals surface area contributed by atoms with E-state index in [0.717, 1.165) is 28.2 Å². The van der Waals surface area contributed by atoms with E-state index < -0.39 is 27.5 Å². The molecule has 0 atom stereocenters. The number of hydrogen-bond acceptors (Lipinski definition) is 5. The average Bonchev–Trinajstić information content (AvgIpc) is 2.84. The first kappa shape index (κ1) is 27.8. The fraction of sp³-hybridized carbons (Fsp3) is 0.160. The molecular weight excluding hydrogens is 563 g/mol. The van der Waals surface area contributed by atoms with Gasteiger partial charge in [-0.25, -0.2) is 0 Å². The van der Waals surface area contributed by atoms with E-state index in [1.165, 1.54) is 45.5 Å². The highest BCUT2D eigenvalue weighted by Crippen LogP contribution is 2.44. The second-order valence-electron chi connectivity index (χ2n) is 8.28. The zero-order valence-electron chi connectivity index (χ0n) is 20.2. The van der Waals surface area contributed by atoms with Gasteiger partial charge in [-0.15, -0.1) is 0 Å². The molecule has 2 N–H and O–H groups in total. The molecule has 4 aromatic rings. The Hall–Kier alpha value is -3.19. The van der Waals surface area contributed by atoms with Crippen LogP contribution in [0.15, 0.2) is 75.2 Å². The zero-order chi connectivity index (χ0) is 27.8. The van der Waals surface area contributed by atoms with Crippen LogP contribution in [0.2, 0.25) is 5.02 Å². The van der Waals surface area contributed by atoms with Crippen molar-refractivity contribution in [2.75, 3.05) is 25.9 Å². The van der Waals surface area contributed by atoms with Gasteiger partial charge in [-0.1, -0.05) is 23.4 Å². The molecular formula is C25H21ClF3N3O4S2. The second kappa shape index (κ2) is 10.5. The Morgan fingerprint density at radius 3 is 2.32 bits per heavy atom. The first-order valence-corrected chi connectivity index (χ1v) is 13.5. The Labute approximate surface area is 225 Å². The Morgan fingerprint density at radius 2 is 1.71 bits per heavy atom. The maximum Gasteiger partial charge on any atom is 0.416 e. The van der Waals surface area contributed by atoms with E-state index in [4.69, 9.17) is 16.3 Å². The number of fused-ring (bicyclic) bond motifs is 1. The molecule has 0 saturated carbocycles. The molecule has 0 aliphatic heterocycles. The number of aromatic amines is 1. The van der Waals surface area contributed by atoms with Crippen LogP contribution < -0.4 is 15.0 Å². The summed E-state index contributed by atoms with van der Waals surface area (Å²) in [6.07, 6.45) is -4.61. The first-order chi connectivity index (χ1) is 17.8. The monoisotopic (exact) mass is 583 g/mol. The summed E-state index contributed by atoms with van der Waals surface area (Å²) < 4.78 is 73.9. The lowest BCUT2D eigenvalue weighted by Gasteiger charge is -2.17. The standard InChI is InChI=1S/C25H21ClF3N3O4S2/c1-32(2)38(34,35)31-16-6-8-17(9-7-16)37-23-22(19-13-15(26)5-11-21(19)36-3)18-12-14(25(27,28)29)4-10-20(18)30-24(23)33/h4-13,31H,1-3H3,(H,30,33). The van der Waals surface area contributed by atoms with E-state index >= 15 is 0 Å². The van der Waals surface area contributed by atoms with E-state index in [1.54, 1.807) is 24.3 Å². The molecule has 38 heavy (non-hydrogen) atoms. The molecule has 0 aliphatic carbocycles. The highest BCUT2D eigenvalue weighted by atomic mass is 35.5. The summed E-state index contributed by atoms with van der Waals surface area (Å²) in [5, 5.41) is 0.451. The number of anilines is 1. The van der Waals surface area contributed by atoms with E-state index in [-0.39, 0.29) is 21.4 Å². The number of benzene rings is 3. The number of ether oxygens (including phenoxy) is 1. The third-order valence-electron chi connectivity index (χ3n) is 5.53. The van der Waals surface area contributed by atoms with Crippen LogP contribution in [0.4, 0.5) is 18.9 Å². The number of halogens is 4. The number of nitrogens with one attached hydrogen (secondary N) is 2. The third-order valence-corrected chi connectivity index (χ3v) is 8.32. The van der Waals surface area contributed by atoms with Crippen molar-refractivity contribution >= 4 is 50.2 Å². The predicted molar refractivity (Wildman–Crippen MR) is 143 cm³/mol. The minimum Gasteiger partial charge on any atom is -0.496 e. The lowest BCUT2D eigenvalue weighted by atomic mass is 9.98.